The molecule has 158 valence electrons. The van der Waals surface area contributed by atoms with Gasteiger partial charge in [0.05, 0.1) is 29.1 Å². The number of hydrogen-bond acceptors (Lipinski definition) is 6. The fraction of sp³-hybridized carbons (Fsp3) is 0.304. The molecule has 4 heterocycles. The molecule has 5 rings (SSSR count). The van der Waals surface area contributed by atoms with E-state index in [1.807, 2.05) is 18.5 Å². The molecule has 0 saturated carbocycles. The van der Waals surface area contributed by atoms with Crippen LogP contribution in [-0.2, 0) is 6.54 Å². The highest BCUT2D eigenvalue weighted by Crippen LogP contribution is 2.37. The highest BCUT2D eigenvalue weighted by molar-refractivity contribution is 5.76. The molecule has 2 unspecified atom stereocenters. The summed E-state index contributed by atoms with van der Waals surface area (Å²) >= 11 is 0. The second-order valence-corrected chi connectivity index (χ2v) is 8.01. The van der Waals surface area contributed by atoms with Crippen molar-refractivity contribution < 1.29 is 8.91 Å². The van der Waals surface area contributed by atoms with Gasteiger partial charge in [-0.3, -0.25) is 4.90 Å². The highest BCUT2D eigenvalue weighted by atomic mass is 19.1. The molecule has 0 radical (unpaired) electrons. The molecule has 0 amide bonds. The fourth-order valence-electron chi connectivity index (χ4n) is 4.44. The van der Waals surface area contributed by atoms with Crippen LogP contribution in [0.4, 0.5) is 4.39 Å². The molecule has 1 aliphatic rings. The Kier molecular flexibility index (Phi) is 5.30. The Morgan fingerprint density at radius 2 is 2.00 bits per heavy atom. The summed E-state index contributed by atoms with van der Waals surface area (Å²) in [5.41, 5.74) is 4.37. The van der Waals surface area contributed by atoms with Crippen LogP contribution in [0.2, 0.25) is 0 Å². The molecular weight excluding hydrogens is 395 g/mol. The van der Waals surface area contributed by atoms with Gasteiger partial charge < -0.3 is 9.09 Å². The zero-order valence-electron chi connectivity index (χ0n) is 17.2. The number of piperidine rings is 1. The molecule has 1 fully saturated rings. The van der Waals surface area contributed by atoms with Crippen LogP contribution in [0.3, 0.4) is 0 Å². The molecule has 4 aromatic rings. The molecule has 0 aliphatic carbocycles. The van der Waals surface area contributed by atoms with Crippen molar-refractivity contribution in [1.82, 2.24) is 29.6 Å². The van der Waals surface area contributed by atoms with Crippen molar-refractivity contribution in [2.75, 3.05) is 13.1 Å². The van der Waals surface area contributed by atoms with Crippen LogP contribution in [0.15, 0.2) is 66.0 Å². The number of halogens is 1. The average Bonchev–Trinajstić information content (AvgIpc) is 3.45. The van der Waals surface area contributed by atoms with E-state index in [1.165, 1.54) is 12.1 Å². The van der Waals surface area contributed by atoms with E-state index >= 15 is 0 Å². The van der Waals surface area contributed by atoms with Crippen molar-refractivity contribution in [3.63, 3.8) is 0 Å². The summed E-state index contributed by atoms with van der Waals surface area (Å²) in [4.78, 5) is 15.7. The molecule has 0 bridgehead atoms. The van der Waals surface area contributed by atoms with Gasteiger partial charge in [-0.2, -0.15) is 0 Å². The third-order valence-corrected chi connectivity index (χ3v) is 5.91. The van der Waals surface area contributed by atoms with Crippen LogP contribution in [0.5, 0.6) is 0 Å². The van der Waals surface area contributed by atoms with E-state index < -0.39 is 0 Å². The van der Waals surface area contributed by atoms with E-state index in [2.05, 4.69) is 31.5 Å². The maximum absolute atomic E-state index is 13.5. The molecular formula is C23H23FN6O. The van der Waals surface area contributed by atoms with Crippen LogP contribution < -0.4 is 0 Å². The zero-order chi connectivity index (χ0) is 21.2. The van der Waals surface area contributed by atoms with Gasteiger partial charge in [0.15, 0.2) is 0 Å². The molecule has 1 saturated heterocycles. The number of aromatic nitrogens is 5. The van der Waals surface area contributed by atoms with Crippen LogP contribution >= 0.6 is 0 Å². The van der Waals surface area contributed by atoms with Crippen molar-refractivity contribution in [1.29, 1.82) is 0 Å². The van der Waals surface area contributed by atoms with Crippen molar-refractivity contribution >= 4 is 0 Å². The number of hydrogen-bond donors (Lipinski definition) is 0. The molecule has 2 atom stereocenters. The Morgan fingerprint density at radius 1 is 1.13 bits per heavy atom. The van der Waals surface area contributed by atoms with Crippen molar-refractivity contribution in [2.45, 2.75) is 25.9 Å². The number of benzene rings is 1. The fourth-order valence-corrected chi connectivity index (χ4v) is 4.44. The Labute approximate surface area is 179 Å². The van der Waals surface area contributed by atoms with Crippen molar-refractivity contribution in [3.8, 4) is 22.6 Å². The van der Waals surface area contributed by atoms with Crippen LogP contribution in [0.25, 0.3) is 22.6 Å². The summed E-state index contributed by atoms with van der Waals surface area (Å²) in [5.74, 6) is 0.136. The summed E-state index contributed by atoms with van der Waals surface area (Å²) < 4.78 is 20.7. The first-order chi connectivity index (χ1) is 15.2. The lowest BCUT2D eigenvalue weighted by Gasteiger charge is -2.37. The van der Waals surface area contributed by atoms with Crippen LogP contribution in [0.1, 0.15) is 25.1 Å². The summed E-state index contributed by atoms with van der Waals surface area (Å²) in [6.45, 7) is 4.96. The van der Waals surface area contributed by atoms with E-state index in [-0.39, 0.29) is 11.9 Å². The molecule has 8 heteroatoms. The minimum Gasteiger partial charge on any atom is -0.364 e. The lowest BCUT2D eigenvalue weighted by Crippen LogP contribution is -2.39. The predicted molar refractivity (Wildman–Crippen MR) is 113 cm³/mol. The number of imidazole rings is 1. The van der Waals surface area contributed by atoms with Crippen molar-refractivity contribution in [3.05, 3.63) is 73.0 Å². The summed E-state index contributed by atoms with van der Waals surface area (Å²) in [7, 11) is 0. The molecule has 7 nitrogen and oxygen atoms in total. The smallest absolute Gasteiger partial charge is 0.124 e. The minimum atomic E-state index is -0.264. The average molecular weight is 418 g/mol. The predicted octanol–water partition coefficient (Wildman–Crippen LogP) is 4.22. The quantitative estimate of drug-likeness (QED) is 0.483. The third-order valence-electron chi connectivity index (χ3n) is 5.91. The van der Waals surface area contributed by atoms with E-state index in [0.29, 0.717) is 5.92 Å². The molecule has 1 aromatic carbocycles. The van der Waals surface area contributed by atoms with E-state index in [4.69, 9.17) is 9.51 Å². The summed E-state index contributed by atoms with van der Waals surface area (Å²) in [6.07, 6.45) is 7.77. The Morgan fingerprint density at radius 3 is 2.71 bits per heavy atom. The normalized spacial score (nSPS) is 19.5. The van der Waals surface area contributed by atoms with Crippen molar-refractivity contribution in [2.24, 2.45) is 5.92 Å². The summed E-state index contributed by atoms with van der Waals surface area (Å²) in [5, 5.41) is 4.04. The van der Waals surface area contributed by atoms with Gasteiger partial charge in [0, 0.05) is 43.5 Å². The minimum absolute atomic E-state index is 0.264. The number of rotatable bonds is 5. The lowest BCUT2D eigenvalue weighted by atomic mass is 9.92. The van der Waals surface area contributed by atoms with Gasteiger partial charge in [-0.25, -0.2) is 19.3 Å². The van der Waals surface area contributed by atoms with Crippen LogP contribution in [0, 0.1) is 11.7 Å². The third kappa shape index (κ3) is 3.98. The Hall–Kier alpha value is -3.39. The Balaban J connectivity index is 1.47. The monoisotopic (exact) mass is 418 g/mol. The van der Waals surface area contributed by atoms with Gasteiger partial charge >= 0.3 is 0 Å². The first-order valence-corrected chi connectivity index (χ1v) is 10.4. The summed E-state index contributed by atoms with van der Waals surface area (Å²) in [6, 6.07) is 10.5. The van der Waals surface area contributed by atoms with Gasteiger partial charge in [0.1, 0.15) is 18.4 Å². The van der Waals surface area contributed by atoms with Gasteiger partial charge in [-0.15, -0.1) is 0 Å². The van der Waals surface area contributed by atoms with Gasteiger partial charge in [-0.1, -0.05) is 12.1 Å². The number of nitrogens with zero attached hydrogens (tertiary/aromatic N) is 6. The standard InChI is InChI=1S/C23H23FN6O/c1-16-12-29(13-19-8-11-31-28-19)10-7-21(16)30-15-27-22(17-2-4-18(24)5-3-17)23(30)20-6-9-25-14-26-20/h2-6,8-9,11,14-16,21H,7,10,12-13H2,1H3. The second kappa shape index (κ2) is 8.39. The molecule has 3 aromatic heterocycles. The second-order valence-electron chi connectivity index (χ2n) is 8.01. The van der Waals surface area contributed by atoms with Gasteiger partial charge in [0.25, 0.3) is 0 Å². The van der Waals surface area contributed by atoms with Gasteiger partial charge in [0.2, 0.25) is 0 Å². The SMILES string of the molecule is CC1CN(Cc2ccon2)CCC1n1cnc(-c2ccc(F)cc2)c1-c1ccncn1. The largest absolute Gasteiger partial charge is 0.364 e. The number of likely N-dealkylation sites (tertiary alicyclic amines) is 1. The van der Waals surface area contributed by atoms with E-state index in [1.54, 1.807) is 30.9 Å². The van der Waals surface area contributed by atoms with E-state index in [0.717, 1.165) is 54.4 Å². The Bertz CT molecular complexity index is 1130. The topological polar surface area (TPSA) is 72.9 Å². The first kappa shape index (κ1) is 19.6. The lowest BCUT2D eigenvalue weighted by molar-refractivity contribution is 0.125. The first-order valence-electron chi connectivity index (χ1n) is 10.4. The van der Waals surface area contributed by atoms with E-state index in [9.17, 15) is 4.39 Å². The van der Waals surface area contributed by atoms with Crippen LogP contribution in [-0.4, -0.2) is 42.7 Å². The molecule has 1 aliphatic heterocycles. The molecule has 31 heavy (non-hydrogen) atoms. The van der Waals surface area contributed by atoms with Gasteiger partial charge in [-0.05, 0) is 42.7 Å². The maximum Gasteiger partial charge on any atom is 0.124 e. The maximum atomic E-state index is 13.5. The molecule has 0 spiro atoms. The zero-order valence-corrected chi connectivity index (χ0v) is 17.2. The molecule has 0 N–H and O–H groups in total. The highest BCUT2D eigenvalue weighted by Gasteiger charge is 2.30.